The van der Waals surface area contributed by atoms with Crippen LogP contribution >= 0.6 is 23.2 Å². The standard InChI is InChI=1S/C29H32Cl2N2O4/c1-17-14-22(9-10-25(17)31)37-29(35)33-13-12-23-24-15-20(30)6-11-26(24)32(3)28(23)27(33)19-4-7-21(8-5-19)36-16-18(2)34/h4-11,14,17-18,24-25,27,34H,12-13,15-16H2,1-3H3/t17-,18?,24?,25?,27?/m0/s1. The number of amides is 1. The zero-order valence-electron chi connectivity index (χ0n) is 21.2. The van der Waals surface area contributed by atoms with Crippen LogP contribution in [0.25, 0.3) is 0 Å². The van der Waals surface area contributed by atoms with Gasteiger partial charge in [-0.25, -0.2) is 4.79 Å². The van der Waals surface area contributed by atoms with Crippen molar-refractivity contribution in [2.75, 3.05) is 20.2 Å². The Morgan fingerprint density at radius 1 is 1.24 bits per heavy atom. The Hall–Kier alpha value is -2.67. The Kier molecular flexibility index (Phi) is 7.44. The topological polar surface area (TPSA) is 62.2 Å². The number of allylic oxidation sites excluding steroid dienone is 7. The molecule has 4 aliphatic rings. The Morgan fingerprint density at radius 2 is 2.00 bits per heavy atom. The summed E-state index contributed by atoms with van der Waals surface area (Å²) in [6.07, 6.45) is 10.1. The van der Waals surface area contributed by atoms with Crippen molar-refractivity contribution in [2.45, 2.75) is 44.2 Å². The minimum atomic E-state index is -0.555. The van der Waals surface area contributed by atoms with Gasteiger partial charge in [0.15, 0.2) is 0 Å². The predicted molar refractivity (Wildman–Crippen MR) is 145 cm³/mol. The molecule has 1 amide bonds. The van der Waals surface area contributed by atoms with E-state index in [0.29, 0.717) is 18.1 Å². The highest BCUT2D eigenvalue weighted by atomic mass is 35.5. The molecule has 5 atom stereocenters. The van der Waals surface area contributed by atoms with Crippen molar-refractivity contribution < 1.29 is 19.4 Å². The lowest BCUT2D eigenvalue weighted by atomic mass is 9.85. The van der Waals surface area contributed by atoms with Crippen LogP contribution in [0.2, 0.25) is 0 Å². The van der Waals surface area contributed by atoms with Gasteiger partial charge in [0, 0.05) is 35.9 Å². The molecule has 0 radical (unpaired) electrons. The highest BCUT2D eigenvalue weighted by molar-refractivity contribution is 6.29. The summed E-state index contributed by atoms with van der Waals surface area (Å²) in [7, 11) is 2.06. The average molecular weight is 543 g/mol. The first-order chi connectivity index (χ1) is 17.7. The summed E-state index contributed by atoms with van der Waals surface area (Å²) in [6, 6.07) is 7.39. The molecule has 0 aromatic heterocycles. The number of carbonyl (C=O) groups is 1. The molecular weight excluding hydrogens is 511 g/mol. The van der Waals surface area contributed by atoms with Gasteiger partial charge < -0.3 is 19.5 Å². The lowest BCUT2D eigenvalue weighted by Gasteiger charge is -2.39. The fourth-order valence-corrected chi connectivity index (χ4v) is 5.88. The summed E-state index contributed by atoms with van der Waals surface area (Å²) >= 11 is 12.7. The maximum atomic E-state index is 13.6. The van der Waals surface area contributed by atoms with E-state index in [2.05, 4.69) is 18.0 Å². The molecule has 1 aromatic rings. The second-order valence-electron chi connectivity index (χ2n) is 10.1. The third-order valence-electron chi connectivity index (χ3n) is 7.38. The SMILES string of the molecule is CC(O)COc1ccc(C2C3=C(CCN2C(=O)OC2=C[C@H](C)C(Cl)C=C2)C2CC(Cl)=CC=C2N3C)cc1. The summed E-state index contributed by atoms with van der Waals surface area (Å²) in [6.45, 7) is 4.43. The molecule has 1 N–H and O–H groups in total. The smallest absolute Gasteiger partial charge is 0.416 e. The van der Waals surface area contributed by atoms with Crippen molar-refractivity contribution in [3.63, 3.8) is 0 Å². The summed E-state index contributed by atoms with van der Waals surface area (Å²) in [5.74, 6) is 1.47. The zero-order valence-corrected chi connectivity index (χ0v) is 22.7. The number of rotatable bonds is 5. The van der Waals surface area contributed by atoms with Crippen LogP contribution in [0.15, 0.2) is 82.4 Å². The van der Waals surface area contributed by atoms with E-state index in [1.807, 2.05) is 49.4 Å². The van der Waals surface area contributed by atoms with Crippen molar-refractivity contribution in [3.8, 4) is 5.75 Å². The van der Waals surface area contributed by atoms with Crippen LogP contribution in [-0.4, -0.2) is 52.7 Å². The second kappa shape index (κ2) is 10.6. The maximum Gasteiger partial charge on any atom is 0.416 e. The van der Waals surface area contributed by atoms with E-state index < -0.39 is 12.2 Å². The van der Waals surface area contributed by atoms with Gasteiger partial charge in [-0.1, -0.05) is 36.7 Å². The van der Waals surface area contributed by atoms with Gasteiger partial charge in [0.05, 0.1) is 11.5 Å². The highest BCUT2D eigenvalue weighted by Crippen LogP contribution is 2.51. The molecule has 2 aliphatic carbocycles. The van der Waals surface area contributed by atoms with E-state index in [1.165, 1.54) is 11.3 Å². The Morgan fingerprint density at radius 3 is 2.70 bits per heavy atom. The molecule has 0 saturated heterocycles. The number of carbonyl (C=O) groups excluding carboxylic acids is 1. The number of likely N-dealkylation sites (N-methyl/N-ethyl adjacent to an activating group) is 1. The number of fused-ring (bicyclic) bond motifs is 2. The monoisotopic (exact) mass is 542 g/mol. The van der Waals surface area contributed by atoms with Gasteiger partial charge in [0.1, 0.15) is 24.2 Å². The van der Waals surface area contributed by atoms with Gasteiger partial charge in [0.25, 0.3) is 0 Å². The zero-order chi connectivity index (χ0) is 26.3. The van der Waals surface area contributed by atoms with Crippen molar-refractivity contribution >= 4 is 29.3 Å². The average Bonchev–Trinajstić information content (AvgIpc) is 3.16. The fourth-order valence-electron chi connectivity index (χ4n) is 5.51. The number of aliphatic hydroxyl groups is 1. The summed E-state index contributed by atoms with van der Waals surface area (Å²) in [5.41, 5.74) is 4.57. The molecule has 37 heavy (non-hydrogen) atoms. The minimum Gasteiger partial charge on any atom is -0.491 e. The van der Waals surface area contributed by atoms with Crippen molar-refractivity contribution in [3.05, 3.63) is 88.0 Å². The van der Waals surface area contributed by atoms with Crippen LogP contribution in [-0.2, 0) is 4.74 Å². The largest absolute Gasteiger partial charge is 0.491 e. The Labute approximate surface area is 228 Å². The summed E-state index contributed by atoms with van der Waals surface area (Å²) in [5, 5.41) is 10.3. The molecule has 2 aliphatic heterocycles. The van der Waals surface area contributed by atoms with Crippen LogP contribution in [0, 0.1) is 11.8 Å². The van der Waals surface area contributed by atoms with Crippen LogP contribution < -0.4 is 4.74 Å². The van der Waals surface area contributed by atoms with Crippen LogP contribution in [0.3, 0.4) is 0 Å². The Bertz CT molecular complexity index is 1210. The highest BCUT2D eigenvalue weighted by Gasteiger charge is 2.45. The molecule has 0 saturated carbocycles. The second-order valence-corrected chi connectivity index (χ2v) is 11.1. The quantitative estimate of drug-likeness (QED) is 0.445. The summed E-state index contributed by atoms with van der Waals surface area (Å²) in [4.78, 5) is 17.6. The molecule has 2 heterocycles. The molecule has 1 aromatic carbocycles. The van der Waals surface area contributed by atoms with Gasteiger partial charge in [-0.05, 0) is 73.3 Å². The number of ether oxygens (including phenoxy) is 2. The molecule has 8 heteroatoms. The van der Waals surface area contributed by atoms with E-state index >= 15 is 0 Å². The first-order valence-electron chi connectivity index (χ1n) is 12.7. The fraction of sp³-hybridized carbons (Fsp3) is 0.414. The van der Waals surface area contributed by atoms with E-state index in [4.69, 9.17) is 32.7 Å². The predicted octanol–water partition coefficient (Wildman–Crippen LogP) is 6.25. The van der Waals surface area contributed by atoms with Crippen molar-refractivity contribution in [1.82, 2.24) is 9.80 Å². The number of hydrogen-bond donors (Lipinski definition) is 1. The van der Waals surface area contributed by atoms with Gasteiger partial charge >= 0.3 is 6.09 Å². The van der Waals surface area contributed by atoms with Gasteiger partial charge in [-0.2, -0.15) is 0 Å². The van der Waals surface area contributed by atoms with Crippen molar-refractivity contribution in [2.24, 2.45) is 11.8 Å². The lowest BCUT2D eigenvalue weighted by molar-refractivity contribution is 0.110. The molecule has 4 unspecified atom stereocenters. The van der Waals surface area contributed by atoms with Crippen LogP contribution in [0.4, 0.5) is 4.79 Å². The van der Waals surface area contributed by atoms with Crippen molar-refractivity contribution in [1.29, 1.82) is 0 Å². The number of benzene rings is 1. The Balaban J connectivity index is 1.48. The third-order valence-corrected chi connectivity index (χ3v) is 8.21. The van der Waals surface area contributed by atoms with E-state index in [0.717, 1.165) is 29.1 Å². The molecular formula is C29H32Cl2N2O4. The molecule has 5 rings (SSSR count). The molecule has 0 spiro atoms. The number of halogens is 2. The van der Waals surface area contributed by atoms with Gasteiger partial charge in [0.2, 0.25) is 0 Å². The van der Waals surface area contributed by atoms with E-state index in [9.17, 15) is 9.90 Å². The van der Waals surface area contributed by atoms with Gasteiger partial charge in [-0.15, -0.1) is 11.6 Å². The minimum absolute atomic E-state index is 0.0726. The van der Waals surface area contributed by atoms with Crippen LogP contribution in [0.5, 0.6) is 5.75 Å². The number of alkyl halides is 1. The van der Waals surface area contributed by atoms with E-state index in [1.54, 1.807) is 17.9 Å². The normalized spacial score (nSPS) is 27.7. The van der Waals surface area contributed by atoms with E-state index in [-0.39, 0.29) is 29.9 Å². The van der Waals surface area contributed by atoms with Crippen LogP contribution in [0.1, 0.15) is 38.3 Å². The first-order valence-corrected chi connectivity index (χ1v) is 13.5. The van der Waals surface area contributed by atoms with Gasteiger partial charge in [-0.3, -0.25) is 4.90 Å². The maximum absolute atomic E-state index is 13.6. The molecule has 0 fully saturated rings. The number of aliphatic hydroxyl groups excluding tert-OH is 1. The molecule has 0 bridgehead atoms. The number of hydrogen-bond acceptors (Lipinski definition) is 5. The number of nitrogens with zero attached hydrogens (tertiary/aromatic N) is 2. The first kappa shape index (κ1) is 26.0. The molecule has 6 nitrogen and oxygen atoms in total. The molecule has 196 valence electrons. The summed E-state index contributed by atoms with van der Waals surface area (Å²) < 4.78 is 11.5. The lowest BCUT2D eigenvalue weighted by Crippen LogP contribution is -2.42. The third kappa shape index (κ3) is 5.20.